The van der Waals surface area contributed by atoms with Gasteiger partial charge in [-0.2, -0.15) is 0 Å². The maximum absolute atomic E-state index is 12.1. The Labute approximate surface area is 141 Å². The first-order valence-corrected chi connectivity index (χ1v) is 7.70. The summed E-state index contributed by atoms with van der Waals surface area (Å²) in [6, 6.07) is 20.8. The number of ether oxygens (including phenoxy) is 1. The third kappa shape index (κ3) is 3.39. The molecule has 3 heteroatoms. The Morgan fingerprint density at radius 3 is 2.50 bits per heavy atom. The maximum atomic E-state index is 12.1. The molecule has 0 radical (unpaired) electrons. The minimum absolute atomic E-state index is 0.173. The van der Waals surface area contributed by atoms with Gasteiger partial charge in [-0.1, -0.05) is 48.4 Å². The lowest BCUT2D eigenvalue weighted by molar-refractivity contribution is 0.197. The van der Waals surface area contributed by atoms with E-state index in [1.54, 1.807) is 24.3 Å². The quantitative estimate of drug-likeness (QED) is 0.713. The molecule has 0 spiro atoms. The highest BCUT2D eigenvalue weighted by atomic mass is 16.6. The van der Waals surface area contributed by atoms with Crippen molar-refractivity contribution in [2.24, 2.45) is 0 Å². The molecule has 3 aromatic rings. The van der Waals surface area contributed by atoms with Crippen molar-refractivity contribution in [2.75, 3.05) is 0 Å². The number of rotatable bonds is 3. The first-order valence-electron chi connectivity index (χ1n) is 7.70. The van der Waals surface area contributed by atoms with Gasteiger partial charge < -0.3 is 10.1 Å². The molecule has 0 bridgehead atoms. The number of carbonyl (C=O) groups excluding carboxylic acids is 1. The van der Waals surface area contributed by atoms with Gasteiger partial charge in [-0.15, -0.1) is 6.42 Å². The second-order valence-corrected chi connectivity index (χ2v) is 5.49. The first kappa shape index (κ1) is 15.6. The van der Waals surface area contributed by atoms with Crippen LogP contribution in [-0.2, 0) is 0 Å². The molecular weight excluding hydrogens is 298 g/mol. The molecule has 118 valence electrons. The molecule has 0 aromatic heterocycles. The van der Waals surface area contributed by atoms with Gasteiger partial charge in [-0.3, -0.25) is 0 Å². The van der Waals surface area contributed by atoms with Crippen molar-refractivity contribution < 1.29 is 9.53 Å². The molecule has 0 unspecified atom stereocenters. The van der Waals surface area contributed by atoms with Crippen LogP contribution in [0.4, 0.5) is 4.79 Å². The summed E-state index contributed by atoms with van der Waals surface area (Å²) in [5.74, 6) is 2.98. The fourth-order valence-corrected chi connectivity index (χ4v) is 2.64. The van der Waals surface area contributed by atoms with E-state index in [1.165, 1.54) is 0 Å². The Morgan fingerprint density at radius 2 is 1.75 bits per heavy atom. The summed E-state index contributed by atoms with van der Waals surface area (Å²) in [5.41, 5.74) is 1.79. The molecule has 0 aliphatic rings. The van der Waals surface area contributed by atoms with Crippen molar-refractivity contribution in [1.29, 1.82) is 0 Å². The van der Waals surface area contributed by atoms with Crippen molar-refractivity contribution in [3.05, 3.63) is 77.9 Å². The van der Waals surface area contributed by atoms with Crippen molar-refractivity contribution in [3.63, 3.8) is 0 Å². The Bertz CT molecular complexity index is 902. The molecule has 3 rings (SSSR count). The Balaban J connectivity index is 1.72. The van der Waals surface area contributed by atoms with Gasteiger partial charge in [-0.25, -0.2) is 4.79 Å². The standard InChI is InChI=1S/C21H17NO2/c1-3-16-11-13-18(14-12-16)24-21(23)22-15(2)19-10-6-8-17-7-4-5-9-20(17)19/h1,4-15H,2H3,(H,22,23)/t15-/m1/s1. The summed E-state index contributed by atoms with van der Waals surface area (Å²) in [4.78, 5) is 12.1. The second kappa shape index (κ2) is 6.89. The van der Waals surface area contributed by atoms with Gasteiger partial charge >= 0.3 is 6.09 Å². The minimum Gasteiger partial charge on any atom is -0.410 e. The topological polar surface area (TPSA) is 38.3 Å². The van der Waals surface area contributed by atoms with Crippen LogP contribution in [0.5, 0.6) is 5.75 Å². The van der Waals surface area contributed by atoms with Crippen LogP contribution in [0.25, 0.3) is 10.8 Å². The third-order valence-electron chi connectivity index (χ3n) is 3.86. The van der Waals surface area contributed by atoms with E-state index in [2.05, 4.69) is 23.4 Å². The lowest BCUT2D eigenvalue weighted by Crippen LogP contribution is -2.29. The van der Waals surface area contributed by atoms with Gasteiger partial charge in [0, 0.05) is 5.56 Å². The minimum atomic E-state index is -0.496. The fraction of sp³-hybridized carbons (Fsp3) is 0.0952. The summed E-state index contributed by atoms with van der Waals surface area (Å²) in [6.45, 7) is 1.93. The molecule has 1 N–H and O–H groups in total. The lowest BCUT2D eigenvalue weighted by atomic mass is 10.00. The predicted octanol–water partition coefficient (Wildman–Crippen LogP) is 4.67. The van der Waals surface area contributed by atoms with Crippen LogP contribution in [0, 0.1) is 12.3 Å². The molecule has 0 aliphatic heterocycles. The zero-order chi connectivity index (χ0) is 16.9. The molecule has 0 aliphatic carbocycles. The van der Waals surface area contributed by atoms with Gasteiger partial charge in [0.2, 0.25) is 0 Å². The predicted molar refractivity (Wildman–Crippen MR) is 95.9 cm³/mol. The van der Waals surface area contributed by atoms with Crippen LogP contribution in [0.3, 0.4) is 0 Å². The highest BCUT2D eigenvalue weighted by Crippen LogP contribution is 2.24. The molecule has 1 atom stereocenters. The Kier molecular flexibility index (Phi) is 4.49. The first-order chi connectivity index (χ1) is 11.7. The number of hydrogen-bond acceptors (Lipinski definition) is 2. The number of terminal acetylenes is 1. The number of hydrogen-bond donors (Lipinski definition) is 1. The molecule has 0 heterocycles. The highest BCUT2D eigenvalue weighted by molar-refractivity contribution is 5.86. The normalized spacial score (nSPS) is 11.5. The van der Waals surface area contributed by atoms with Crippen molar-refractivity contribution >= 4 is 16.9 Å². The fourth-order valence-electron chi connectivity index (χ4n) is 2.64. The Hall–Kier alpha value is -3.25. The average Bonchev–Trinajstić information content (AvgIpc) is 2.61. The van der Waals surface area contributed by atoms with E-state index >= 15 is 0 Å². The number of benzene rings is 3. The maximum Gasteiger partial charge on any atom is 0.413 e. The molecule has 0 saturated heterocycles. The monoisotopic (exact) mass is 315 g/mol. The van der Waals surface area contributed by atoms with E-state index in [-0.39, 0.29) is 6.04 Å². The molecule has 3 aromatic carbocycles. The largest absolute Gasteiger partial charge is 0.413 e. The van der Waals surface area contributed by atoms with Crippen LogP contribution < -0.4 is 10.1 Å². The summed E-state index contributed by atoms with van der Waals surface area (Å²) in [6.07, 6.45) is 4.81. The van der Waals surface area contributed by atoms with E-state index in [0.717, 1.165) is 21.9 Å². The van der Waals surface area contributed by atoms with E-state index < -0.39 is 6.09 Å². The van der Waals surface area contributed by atoms with Crippen LogP contribution >= 0.6 is 0 Å². The van der Waals surface area contributed by atoms with Gasteiger partial charge in [0.1, 0.15) is 5.75 Å². The lowest BCUT2D eigenvalue weighted by Gasteiger charge is -2.16. The van der Waals surface area contributed by atoms with Crippen LogP contribution in [0.15, 0.2) is 66.7 Å². The highest BCUT2D eigenvalue weighted by Gasteiger charge is 2.13. The molecule has 3 nitrogen and oxygen atoms in total. The van der Waals surface area contributed by atoms with Gasteiger partial charge in [0.05, 0.1) is 6.04 Å². The average molecular weight is 315 g/mol. The summed E-state index contributed by atoms with van der Waals surface area (Å²) in [7, 11) is 0. The van der Waals surface area contributed by atoms with E-state index in [9.17, 15) is 4.79 Å². The molecule has 24 heavy (non-hydrogen) atoms. The number of carbonyl (C=O) groups is 1. The van der Waals surface area contributed by atoms with Crippen molar-refractivity contribution in [1.82, 2.24) is 5.32 Å². The second-order valence-electron chi connectivity index (χ2n) is 5.49. The third-order valence-corrected chi connectivity index (χ3v) is 3.86. The SMILES string of the molecule is C#Cc1ccc(OC(=O)N[C@H](C)c2cccc3ccccc23)cc1. The summed E-state index contributed by atoms with van der Waals surface area (Å²) in [5, 5.41) is 5.12. The van der Waals surface area contributed by atoms with E-state index in [0.29, 0.717) is 5.75 Å². The van der Waals surface area contributed by atoms with Crippen molar-refractivity contribution in [3.8, 4) is 18.1 Å². The molecule has 0 fully saturated rings. The molecule has 1 amide bonds. The van der Waals surface area contributed by atoms with Crippen LogP contribution in [-0.4, -0.2) is 6.09 Å². The van der Waals surface area contributed by atoms with Gasteiger partial charge in [0.15, 0.2) is 0 Å². The van der Waals surface area contributed by atoms with E-state index in [4.69, 9.17) is 11.2 Å². The van der Waals surface area contributed by atoms with Crippen LogP contribution in [0.1, 0.15) is 24.1 Å². The number of amides is 1. The van der Waals surface area contributed by atoms with Gasteiger partial charge in [-0.05, 0) is 47.5 Å². The zero-order valence-corrected chi connectivity index (χ0v) is 13.3. The smallest absolute Gasteiger partial charge is 0.410 e. The summed E-state index contributed by atoms with van der Waals surface area (Å²) < 4.78 is 5.30. The Morgan fingerprint density at radius 1 is 1.04 bits per heavy atom. The molecular formula is C21H17NO2. The molecule has 0 saturated carbocycles. The number of fused-ring (bicyclic) bond motifs is 1. The van der Waals surface area contributed by atoms with E-state index in [1.807, 2.05) is 37.3 Å². The summed E-state index contributed by atoms with van der Waals surface area (Å²) >= 11 is 0. The van der Waals surface area contributed by atoms with Crippen molar-refractivity contribution in [2.45, 2.75) is 13.0 Å². The van der Waals surface area contributed by atoms with Gasteiger partial charge in [0.25, 0.3) is 0 Å². The van der Waals surface area contributed by atoms with Crippen LogP contribution in [0.2, 0.25) is 0 Å². The number of nitrogens with one attached hydrogen (secondary N) is 1. The zero-order valence-electron chi connectivity index (χ0n) is 13.3.